The van der Waals surface area contributed by atoms with Crippen LogP contribution in [0.1, 0.15) is 22.0 Å². The van der Waals surface area contributed by atoms with Gasteiger partial charge in [0.2, 0.25) is 0 Å². The van der Waals surface area contributed by atoms with Gasteiger partial charge in [0.25, 0.3) is 0 Å². The maximum Gasteiger partial charge on any atom is 0.410 e. The molecular formula is C11H11NO4. The largest absolute Gasteiger partial charge is 0.478 e. The quantitative estimate of drug-likeness (QED) is 0.821. The molecule has 0 aromatic heterocycles. The molecule has 1 aromatic carbocycles. The van der Waals surface area contributed by atoms with Gasteiger partial charge < -0.3 is 14.7 Å². The van der Waals surface area contributed by atoms with Crippen molar-refractivity contribution >= 4 is 12.1 Å². The van der Waals surface area contributed by atoms with E-state index in [0.717, 1.165) is 5.56 Å². The molecule has 1 amide bonds. The van der Waals surface area contributed by atoms with Crippen LogP contribution in [0.2, 0.25) is 0 Å². The van der Waals surface area contributed by atoms with E-state index in [-0.39, 0.29) is 24.3 Å². The fourth-order valence-electron chi connectivity index (χ4n) is 1.69. The predicted molar refractivity (Wildman–Crippen MR) is 55.3 cm³/mol. The highest BCUT2D eigenvalue weighted by Gasteiger charge is 2.30. The van der Waals surface area contributed by atoms with E-state index < -0.39 is 5.97 Å². The zero-order valence-corrected chi connectivity index (χ0v) is 8.71. The van der Waals surface area contributed by atoms with Crippen molar-refractivity contribution in [2.45, 2.75) is 6.04 Å². The van der Waals surface area contributed by atoms with Crippen LogP contribution in [-0.2, 0) is 4.74 Å². The van der Waals surface area contributed by atoms with Gasteiger partial charge in [-0.25, -0.2) is 9.59 Å². The molecule has 1 N–H and O–H groups in total. The Hall–Kier alpha value is -2.04. The summed E-state index contributed by atoms with van der Waals surface area (Å²) in [6.45, 7) is 0.262. The predicted octanol–water partition coefficient (Wildman–Crippen LogP) is 1.51. The van der Waals surface area contributed by atoms with Crippen LogP contribution >= 0.6 is 0 Å². The summed E-state index contributed by atoms with van der Waals surface area (Å²) >= 11 is 0. The molecule has 1 atom stereocenters. The Morgan fingerprint density at radius 2 is 2.31 bits per heavy atom. The monoisotopic (exact) mass is 221 g/mol. The third kappa shape index (κ3) is 1.71. The fraction of sp³-hybridized carbons (Fsp3) is 0.273. The van der Waals surface area contributed by atoms with Crippen molar-refractivity contribution < 1.29 is 19.4 Å². The SMILES string of the molecule is CN1C(=O)OCC1c1cccc(C(=O)O)c1. The molecule has 0 saturated carbocycles. The van der Waals surface area contributed by atoms with E-state index in [0.29, 0.717) is 0 Å². The zero-order chi connectivity index (χ0) is 11.7. The topological polar surface area (TPSA) is 66.8 Å². The Morgan fingerprint density at radius 1 is 1.56 bits per heavy atom. The number of likely N-dealkylation sites (N-methyl/N-ethyl adjacent to an activating group) is 1. The number of amides is 1. The maximum atomic E-state index is 11.2. The first kappa shape index (κ1) is 10.5. The highest BCUT2D eigenvalue weighted by molar-refractivity contribution is 5.87. The van der Waals surface area contributed by atoms with E-state index >= 15 is 0 Å². The molecule has 0 aliphatic carbocycles. The lowest BCUT2D eigenvalue weighted by molar-refractivity contribution is 0.0696. The first-order valence-electron chi connectivity index (χ1n) is 4.82. The lowest BCUT2D eigenvalue weighted by atomic mass is 10.0. The van der Waals surface area contributed by atoms with Gasteiger partial charge in [-0.05, 0) is 17.7 Å². The van der Waals surface area contributed by atoms with E-state index in [9.17, 15) is 9.59 Å². The molecule has 2 rings (SSSR count). The Balaban J connectivity index is 2.31. The second-order valence-electron chi connectivity index (χ2n) is 3.63. The van der Waals surface area contributed by atoms with E-state index in [1.807, 2.05) is 0 Å². The van der Waals surface area contributed by atoms with Crippen LogP contribution in [0.5, 0.6) is 0 Å². The molecule has 84 valence electrons. The van der Waals surface area contributed by atoms with Crippen molar-refractivity contribution in [1.82, 2.24) is 4.90 Å². The highest BCUT2D eigenvalue weighted by atomic mass is 16.6. The van der Waals surface area contributed by atoms with Crippen molar-refractivity contribution in [2.75, 3.05) is 13.7 Å². The summed E-state index contributed by atoms with van der Waals surface area (Å²) < 4.78 is 4.87. The number of hydrogen-bond acceptors (Lipinski definition) is 3. The molecule has 5 heteroatoms. The summed E-state index contributed by atoms with van der Waals surface area (Å²) in [7, 11) is 1.63. The summed E-state index contributed by atoms with van der Waals surface area (Å²) in [4.78, 5) is 23.4. The van der Waals surface area contributed by atoms with Gasteiger partial charge in [0.1, 0.15) is 6.61 Å². The summed E-state index contributed by atoms with van der Waals surface area (Å²) in [5.74, 6) is -0.977. The van der Waals surface area contributed by atoms with Crippen molar-refractivity contribution in [3.63, 3.8) is 0 Å². The third-order valence-electron chi connectivity index (χ3n) is 2.64. The number of carboxylic acid groups (broad SMARTS) is 1. The molecule has 16 heavy (non-hydrogen) atoms. The summed E-state index contributed by atoms with van der Waals surface area (Å²) in [5.41, 5.74) is 0.985. The molecule has 5 nitrogen and oxygen atoms in total. The Kier molecular flexibility index (Phi) is 2.52. The average Bonchev–Trinajstić information content (AvgIpc) is 2.60. The minimum Gasteiger partial charge on any atom is -0.478 e. The van der Waals surface area contributed by atoms with Crippen molar-refractivity contribution in [3.8, 4) is 0 Å². The van der Waals surface area contributed by atoms with Crippen LogP contribution < -0.4 is 0 Å². The third-order valence-corrected chi connectivity index (χ3v) is 2.64. The molecule has 1 saturated heterocycles. The number of aromatic carboxylic acids is 1. The van der Waals surface area contributed by atoms with Gasteiger partial charge in [0, 0.05) is 7.05 Å². The summed E-state index contributed by atoms with van der Waals surface area (Å²) in [5, 5.41) is 8.86. The average molecular weight is 221 g/mol. The van der Waals surface area contributed by atoms with Gasteiger partial charge in [-0.2, -0.15) is 0 Å². The maximum absolute atomic E-state index is 11.2. The lowest BCUT2D eigenvalue weighted by Crippen LogP contribution is -2.22. The van der Waals surface area contributed by atoms with Crippen molar-refractivity contribution in [3.05, 3.63) is 35.4 Å². The number of carbonyl (C=O) groups excluding carboxylic acids is 1. The van der Waals surface area contributed by atoms with E-state index in [2.05, 4.69) is 0 Å². The minimum absolute atomic E-state index is 0.202. The van der Waals surface area contributed by atoms with Gasteiger partial charge in [-0.15, -0.1) is 0 Å². The van der Waals surface area contributed by atoms with E-state index in [4.69, 9.17) is 9.84 Å². The Bertz CT molecular complexity index is 443. The van der Waals surface area contributed by atoms with E-state index in [1.54, 1.807) is 25.2 Å². The Labute approximate surface area is 92.2 Å². The van der Waals surface area contributed by atoms with Crippen molar-refractivity contribution in [2.24, 2.45) is 0 Å². The summed E-state index contributed by atoms with van der Waals surface area (Å²) in [6.07, 6.45) is -0.384. The molecule has 0 bridgehead atoms. The number of rotatable bonds is 2. The van der Waals surface area contributed by atoms with Gasteiger partial charge in [-0.1, -0.05) is 12.1 Å². The molecule has 0 spiro atoms. The molecule has 1 aliphatic rings. The van der Waals surface area contributed by atoms with Crippen LogP contribution in [0.15, 0.2) is 24.3 Å². The van der Waals surface area contributed by atoms with Gasteiger partial charge in [-0.3, -0.25) is 0 Å². The number of cyclic esters (lactones) is 1. The molecule has 1 unspecified atom stereocenters. The summed E-state index contributed by atoms with van der Waals surface area (Å²) in [6, 6.07) is 6.33. The number of carbonyl (C=O) groups is 2. The first-order chi connectivity index (χ1) is 7.59. The smallest absolute Gasteiger partial charge is 0.410 e. The molecule has 1 aromatic rings. The zero-order valence-electron chi connectivity index (χ0n) is 8.71. The number of nitrogens with zero attached hydrogens (tertiary/aromatic N) is 1. The second kappa shape index (κ2) is 3.84. The highest BCUT2D eigenvalue weighted by Crippen LogP contribution is 2.26. The lowest BCUT2D eigenvalue weighted by Gasteiger charge is -2.16. The molecular weight excluding hydrogens is 210 g/mol. The molecule has 1 heterocycles. The number of ether oxygens (including phenoxy) is 1. The molecule has 0 radical (unpaired) electrons. The second-order valence-corrected chi connectivity index (χ2v) is 3.63. The van der Waals surface area contributed by atoms with Crippen LogP contribution in [0, 0.1) is 0 Å². The van der Waals surface area contributed by atoms with Crippen LogP contribution in [0.3, 0.4) is 0 Å². The number of benzene rings is 1. The van der Waals surface area contributed by atoms with Crippen LogP contribution in [-0.4, -0.2) is 35.7 Å². The van der Waals surface area contributed by atoms with Crippen LogP contribution in [0.25, 0.3) is 0 Å². The van der Waals surface area contributed by atoms with Crippen molar-refractivity contribution in [1.29, 1.82) is 0 Å². The number of hydrogen-bond donors (Lipinski definition) is 1. The van der Waals surface area contributed by atoms with Gasteiger partial charge in [0.05, 0.1) is 11.6 Å². The molecule has 1 fully saturated rings. The van der Waals surface area contributed by atoms with Gasteiger partial charge >= 0.3 is 12.1 Å². The molecule has 1 aliphatic heterocycles. The fourth-order valence-corrected chi connectivity index (χ4v) is 1.69. The van der Waals surface area contributed by atoms with Gasteiger partial charge in [0.15, 0.2) is 0 Å². The van der Waals surface area contributed by atoms with Crippen LogP contribution in [0.4, 0.5) is 4.79 Å². The normalized spacial score (nSPS) is 19.7. The standard InChI is InChI=1S/C11H11NO4/c1-12-9(6-16-11(12)15)7-3-2-4-8(5-7)10(13)14/h2-5,9H,6H2,1H3,(H,13,14). The van der Waals surface area contributed by atoms with E-state index in [1.165, 1.54) is 11.0 Å². The first-order valence-corrected chi connectivity index (χ1v) is 4.82. The number of carboxylic acids is 1. The Morgan fingerprint density at radius 3 is 2.88 bits per heavy atom. The minimum atomic E-state index is -0.977.